The second-order valence-electron chi connectivity index (χ2n) is 2.32. The topological polar surface area (TPSA) is 9.23 Å². The van der Waals surface area contributed by atoms with Crippen molar-refractivity contribution >= 4 is 0 Å². The van der Waals surface area contributed by atoms with Gasteiger partial charge in [0.25, 0.3) is 0 Å². The van der Waals surface area contributed by atoms with E-state index < -0.39 is 0 Å². The summed E-state index contributed by atoms with van der Waals surface area (Å²) >= 11 is 0. The van der Waals surface area contributed by atoms with Crippen molar-refractivity contribution in [3.05, 3.63) is 0 Å². The lowest BCUT2D eigenvalue weighted by Gasteiger charge is -2.07. The normalized spacial score (nSPS) is 62.5. The van der Waals surface area contributed by atoms with Crippen molar-refractivity contribution in [1.29, 1.82) is 0 Å². The summed E-state index contributed by atoms with van der Waals surface area (Å²) in [7, 11) is 0. The van der Waals surface area contributed by atoms with Gasteiger partial charge >= 0.3 is 0 Å². The van der Waals surface area contributed by atoms with Crippen LogP contribution in [0.15, 0.2) is 0 Å². The van der Waals surface area contributed by atoms with Crippen LogP contribution in [-0.4, -0.2) is 12.7 Å². The molecule has 0 bridgehead atoms. The average Bonchev–Trinajstić information content (AvgIpc) is 1.63. The van der Waals surface area contributed by atoms with E-state index in [-0.39, 0.29) is 0 Å². The van der Waals surface area contributed by atoms with E-state index in [2.05, 4.69) is 6.92 Å². The highest BCUT2D eigenvalue weighted by Gasteiger charge is 2.55. The van der Waals surface area contributed by atoms with Gasteiger partial charge in [-0.15, -0.1) is 0 Å². The summed E-state index contributed by atoms with van der Waals surface area (Å²) in [6.45, 7) is 3.30. The summed E-state index contributed by atoms with van der Waals surface area (Å²) in [5, 5.41) is 0. The Hall–Kier alpha value is -0.0400. The van der Waals surface area contributed by atoms with Crippen LogP contribution in [0.4, 0.5) is 0 Å². The van der Waals surface area contributed by atoms with E-state index in [0.717, 1.165) is 18.4 Å². The third kappa shape index (κ3) is 0.155. The molecule has 0 aromatic rings. The van der Waals surface area contributed by atoms with Crippen molar-refractivity contribution in [2.45, 2.75) is 13.0 Å². The molecule has 3 unspecified atom stereocenters. The first-order valence-corrected chi connectivity index (χ1v) is 2.51. The maximum Gasteiger partial charge on any atom is 0.0658 e. The van der Waals surface area contributed by atoms with Gasteiger partial charge in [-0.2, -0.15) is 0 Å². The van der Waals surface area contributed by atoms with Crippen LogP contribution in [0, 0.1) is 11.8 Å². The number of ether oxygens (including phenoxy) is 1. The molecule has 0 aromatic carbocycles. The van der Waals surface area contributed by atoms with Gasteiger partial charge in [-0.05, 0) is 5.92 Å². The highest BCUT2D eigenvalue weighted by Crippen LogP contribution is 2.49. The van der Waals surface area contributed by atoms with Gasteiger partial charge in [-0.1, -0.05) is 6.92 Å². The fourth-order valence-electron chi connectivity index (χ4n) is 1.13. The summed E-state index contributed by atoms with van der Waals surface area (Å²) in [4.78, 5) is 0. The van der Waals surface area contributed by atoms with Gasteiger partial charge in [0.2, 0.25) is 0 Å². The summed E-state index contributed by atoms with van der Waals surface area (Å²) in [5.41, 5.74) is 0. The first-order chi connectivity index (χ1) is 2.89. The maximum atomic E-state index is 5.12. The molecule has 0 N–H and O–H groups in total. The predicted molar refractivity (Wildman–Crippen MR) is 22.4 cm³/mol. The van der Waals surface area contributed by atoms with Gasteiger partial charge in [-0.25, -0.2) is 0 Å². The number of hydrogen-bond acceptors (Lipinski definition) is 1. The van der Waals surface area contributed by atoms with Crippen LogP contribution in [0.2, 0.25) is 0 Å². The van der Waals surface area contributed by atoms with Crippen LogP contribution in [0.5, 0.6) is 0 Å². The van der Waals surface area contributed by atoms with Crippen LogP contribution in [0.25, 0.3) is 0 Å². The number of hydrogen-bond donors (Lipinski definition) is 0. The molecule has 1 aliphatic heterocycles. The molecule has 0 aromatic heterocycles. The minimum Gasteiger partial charge on any atom is -0.377 e. The third-order valence-corrected chi connectivity index (χ3v) is 1.96. The van der Waals surface area contributed by atoms with Crippen LogP contribution >= 0.6 is 0 Å². The second kappa shape index (κ2) is 0.648. The van der Waals surface area contributed by atoms with Crippen molar-refractivity contribution < 1.29 is 4.74 Å². The third-order valence-electron chi connectivity index (χ3n) is 1.96. The molecule has 1 saturated heterocycles. The van der Waals surface area contributed by atoms with Crippen molar-refractivity contribution in [3.8, 4) is 0 Å². The Morgan fingerprint density at radius 3 is 2.33 bits per heavy atom. The lowest BCUT2D eigenvalue weighted by Crippen LogP contribution is -2.12. The summed E-state index contributed by atoms with van der Waals surface area (Å²) in [6, 6.07) is 0. The molecular formula is C5H8O. The molecular weight excluding hydrogens is 76.1 g/mol. The first-order valence-electron chi connectivity index (χ1n) is 2.51. The quantitative estimate of drug-likeness (QED) is 0.418. The smallest absolute Gasteiger partial charge is 0.0658 e. The zero-order chi connectivity index (χ0) is 4.15. The second-order valence-corrected chi connectivity index (χ2v) is 2.32. The monoisotopic (exact) mass is 84.1 g/mol. The zero-order valence-electron chi connectivity index (χ0n) is 3.85. The Balaban J connectivity index is 2.11. The number of rotatable bonds is 0. The molecule has 1 aliphatic carbocycles. The largest absolute Gasteiger partial charge is 0.377 e. The predicted octanol–water partition coefficient (Wildman–Crippen LogP) is 0.651. The Morgan fingerprint density at radius 2 is 2.33 bits per heavy atom. The maximum absolute atomic E-state index is 5.12. The molecule has 6 heavy (non-hydrogen) atoms. The molecule has 0 radical (unpaired) electrons. The van der Waals surface area contributed by atoms with Crippen molar-refractivity contribution in [2.24, 2.45) is 11.8 Å². The van der Waals surface area contributed by atoms with E-state index in [1.54, 1.807) is 0 Å². The van der Waals surface area contributed by atoms with E-state index in [9.17, 15) is 0 Å². The minimum absolute atomic E-state index is 0.699. The minimum atomic E-state index is 0.699. The van der Waals surface area contributed by atoms with Crippen LogP contribution in [-0.2, 0) is 4.74 Å². The van der Waals surface area contributed by atoms with Gasteiger partial charge in [0, 0.05) is 5.92 Å². The van der Waals surface area contributed by atoms with Crippen molar-refractivity contribution in [1.82, 2.24) is 0 Å². The molecule has 0 spiro atoms. The van der Waals surface area contributed by atoms with Crippen LogP contribution in [0.1, 0.15) is 6.92 Å². The molecule has 3 atom stereocenters. The van der Waals surface area contributed by atoms with Gasteiger partial charge in [0.15, 0.2) is 0 Å². The van der Waals surface area contributed by atoms with Crippen LogP contribution in [0.3, 0.4) is 0 Å². The Bertz CT molecular complexity index is 63.3. The van der Waals surface area contributed by atoms with Gasteiger partial charge in [0.05, 0.1) is 12.7 Å². The lowest BCUT2D eigenvalue weighted by molar-refractivity contribution is 0.0222. The van der Waals surface area contributed by atoms with Gasteiger partial charge < -0.3 is 4.74 Å². The first kappa shape index (κ1) is 3.03. The molecule has 0 amide bonds. The summed E-state index contributed by atoms with van der Waals surface area (Å²) < 4.78 is 5.12. The zero-order valence-corrected chi connectivity index (χ0v) is 3.85. The molecule has 34 valence electrons. The highest BCUT2D eigenvalue weighted by atomic mass is 16.5. The molecule has 1 heteroatoms. The van der Waals surface area contributed by atoms with Crippen molar-refractivity contribution in [3.63, 3.8) is 0 Å². The van der Waals surface area contributed by atoms with Gasteiger partial charge in [0.1, 0.15) is 0 Å². The molecule has 2 fully saturated rings. The molecule has 2 rings (SSSR count). The fraction of sp³-hybridized carbons (Fsp3) is 1.00. The van der Waals surface area contributed by atoms with E-state index in [4.69, 9.17) is 4.74 Å². The molecule has 1 heterocycles. The number of fused-ring (bicyclic) bond motifs is 1. The Morgan fingerprint density at radius 1 is 1.67 bits per heavy atom. The molecule has 1 saturated carbocycles. The van der Waals surface area contributed by atoms with E-state index in [1.807, 2.05) is 0 Å². The van der Waals surface area contributed by atoms with E-state index >= 15 is 0 Å². The lowest BCUT2D eigenvalue weighted by atomic mass is 10.3. The van der Waals surface area contributed by atoms with Gasteiger partial charge in [-0.3, -0.25) is 0 Å². The van der Waals surface area contributed by atoms with E-state index in [1.165, 1.54) is 0 Å². The van der Waals surface area contributed by atoms with Crippen LogP contribution < -0.4 is 0 Å². The summed E-state index contributed by atoms with van der Waals surface area (Å²) in [5.74, 6) is 1.88. The Kier molecular flexibility index (Phi) is 0.327. The molecule has 2 aliphatic rings. The average molecular weight is 84.1 g/mol. The molecule has 1 nitrogen and oxygen atoms in total. The fourth-order valence-corrected chi connectivity index (χ4v) is 1.13. The highest BCUT2D eigenvalue weighted by molar-refractivity contribution is 5.02. The van der Waals surface area contributed by atoms with E-state index in [0.29, 0.717) is 6.10 Å². The Labute approximate surface area is 37.3 Å². The SMILES string of the molecule is CC1C2COC12. The summed E-state index contributed by atoms with van der Waals surface area (Å²) in [6.07, 6.45) is 0.699. The standard InChI is InChI=1S/C5H8O/c1-3-4-2-6-5(3)4/h3-5H,2H2,1H3. The van der Waals surface area contributed by atoms with Crippen molar-refractivity contribution in [2.75, 3.05) is 6.61 Å².